The monoisotopic (exact) mass is 263 g/mol. The molecule has 0 fully saturated rings. The van der Waals surface area contributed by atoms with Crippen LogP contribution in [0.4, 0.5) is 5.69 Å². The Labute approximate surface area is 110 Å². The minimum atomic E-state index is -0.0169. The predicted molar refractivity (Wildman–Crippen MR) is 70.5 cm³/mol. The summed E-state index contributed by atoms with van der Waals surface area (Å²) in [5, 5.41) is 35.8. The zero-order chi connectivity index (χ0) is 13.8. The second-order valence-electron chi connectivity index (χ2n) is 4.22. The lowest BCUT2D eigenvalue weighted by atomic mass is 10.0. The molecule has 1 heterocycles. The molecular weight excluding hydrogens is 246 g/mol. The summed E-state index contributed by atoms with van der Waals surface area (Å²) in [5.41, 5.74) is 2.25. The van der Waals surface area contributed by atoms with Gasteiger partial charge in [-0.1, -0.05) is 0 Å². The van der Waals surface area contributed by atoms with Gasteiger partial charge in [0.25, 0.3) is 0 Å². The first-order valence-corrected chi connectivity index (χ1v) is 6.03. The fourth-order valence-electron chi connectivity index (χ4n) is 2.14. The molecule has 2 aliphatic rings. The van der Waals surface area contributed by atoms with Crippen LogP contribution in [0.3, 0.4) is 0 Å². The molecule has 0 bridgehead atoms. The molecule has 0 aromatic heterocycles. The van der Waals surface area contributed by atoms with Crippen LogP contribution < -0.4 is 10.3 Å². The summed E-state index contributed by atoms with van der Waals surface area (Å²) in [6, 6.07) is 5.14. The number of hydrogen-bond acceptors (Lipinski definition) is 5. The Kier molecular flexibility index (Phi) is 4.03. The molecule has 0 saturated heterocycles. The maximum Gasteiger partial charge on any atom is 0.0635 e. The lowest BCUT2D eigenvalue weighted by molar-refractivity contribution is 0.184. The first kappa shape index (κ1) is 13.4. The molecule has 4 N–H and O–H groups in total. The highest BCUT2D eigenvalue weighted by molar-refractivity contribution is 5.79. The number of benzene rings is 1. The standard InChI is InChI=1S/C13H17N3O3/c14-12-1-2-13(15(5-7-17)6-8-18)10-3-4-16(19)9-11(10)12/h1-4,9,14,17-19H,5-8H2. The Morgan fingerprint density at radius 3 is 2.37 bits per heavy atom. The summed E-state index contributed by atoms with van der Waals surface area (Å²) in [5.74, 6) is 0. The minimum absolute atomic E-state index is 0.0169. The summed E-state index contributed by atoms with van der Waals surface area (Å²) in [6.07, 6.45) is 2.96. The van der Waals surface area contributed by atoms with E-state index in [2.05, 4.69) is 0 Å². The second kappa shape index (κ2) is 5.73. The lowest BCUT2D eigenvalue weighted by Crippen LogP contribution is -2.30. The van der Waals surface area contributed by atoms with Crippen LogP contribution in [-0.2, 0) is 0 Å². The number of pyridine rings is 1. The van der Waals surface area contributed by atoms with Gasteiger partial charge in [0.1, 0.15) is 0 Å². The summed E-state index contributed by atoms with van der Waals surface area (Å²) in [4.78, 5) is 1.85. The van der Waals surface area contributed by atoms with Gasteiger partial charge in [0, 0.05) is 36.1 Å². The molecule has 0 saturated carbocycles. The maximum atomic E-state index is 9.43. The van der Waals surface area contributed by atoms with Crippen LogP contribution >= 0.6 is 0 Å². The molecule has 1 aliphatic carbocycles. The lowest BCUT2D eigenvalue weighted by Gasteiger charge is -2.26. The van der Waals surface area contributed by atoms with E-state index in [1.165, 1.54) is 12.4 Å². The topological polar surface area (TPSA) is 92.7 Å². The minimum Gasteiger partial charge on any atom is -0.429 e. The maximum absolute atomic E-state index is 9.43. The van der Waals surface area contributed by atoms with E-state index >= 15 is 0 Å². The van der Waals surface area contributed by atoms with Gasteiger partial charge >= 0.3 is 0 Å². The summed E-state index contributed by atoms with van der Waals surface area (Å²) >= 11 is 0. The smallest absolute Gasteiger partial charge is 0.0635 e. The molecule has 6 nitrogen and oxygen atoms in total. The number of nitrogens with one attached hydrogen (secondary N) is 1. The van der Waals surface area contributed by atoms with Crippen molar-refractivity contribution < 1.29 is 15.4 Å². The van der Waals surface area contributed by atoms with Gasteiger partial charge in [0.15, 0.2) is 0 Å². The van der Waals surface area contributed by atoms with Crippen molar-refractivity contribution in [3.8, 4) is 11.1 Å². The van der Waals surface area contributed by atoms with Crippen LogP contribution in [0.2, 0.25) is 0 Å². The number of anilines is 1. The van der Waals surface area contributed by atoms with Crippen LogP contribution in [0.15, 0.2) is 30.6 Å². The predicted octanol–water partition coefficient (Wildman–Crippen LogP) is 0.101. The van der Waals surface area contributed by atoms with E-state index in [9.17, 15) is 5.21 Å². The van der Waals surface area contributed by atoms with Crippen molar-refractivity contribution >= 4 is 5.69 Å². The van der Waals surface area contributed by atoms with Crippen molar-refractivity contribution in [2.75, 3.05) is 31.2 Å². The molecule has 6 heteroatoms. The van der Waals surface area contributed by atoms with Crippen molar-refractivity contribution in [3.05, 3.63) is 36.0 Å². The van der Waals surface area contributed by atoms with Gasteiger partial charge in [-0.05, 0) is 18.2 Å². The fraction of sp³-hybridized carbons (Fsp3) is 0.308. The molecular formula is C13H17N3O3. The second-order valence-corrected chi connectivity index (χ2v) is 4.22. The molecule has 0 aromatic rings. The zero-order valence-electron chi connectivity index (χ0n) is 10.5. The van der Waals surface area contributed by atoms with Crippen molar-refractivity contribution in [1.29, 1.82) is 5.41 Å². The van der Waals surface area contributed by atoms with Crippen molar-refractivity contribution in [2.45, 2.75) is 0 Å². The van der Waals surface area contributed by atoms with Crippen molar-refractivity contribution in [2.24, 2.45) is 0 Å². The first-order valence-electron chi connectivity index (χ1n) is 6.03. The van der Waals surface area contributed by atoms with Gasteiger partial charge in [0.2, 0.25) is 0 Å². The zero-order valence-corrected chi connectivity index (χ0v) is 10.5. The third kappa shape index (κ3) is 2.69. The fourth-order valence-corrected chi connectivity index (χ4v) is 2.14. The van der Waals surface area contributed by atoms with Gasteiger partial charge in [-0.2, -0.15) is 0 Å². The summed E-state index contributed by atoms with van der Waals surface area (Å²) in [7, 11) is 0. The Hall–Kier alpha value is -2.05. The summed E-state index contributed by atoms with van der Waals surface area (Å²) < 4.78 is 0.909. The van der Waals surface area contributed by atoms with E-state index in [0.717, 1.165) is 16.0 Å². The molecule has 0 amide bonds. The molecule has 102 valence electrons. The Bertz CT molecular complexity index is 576. The first-order chi connectivity index (χ1) is 9.17. The Morgan fingerprint density at radius 1 is 1.05 bits per heavy atom. The van der Waals surface area contributed by atoms with E-state index in [1.807, 2.05) is 4.90 Å². The van der Waals surface area contributed by atoms with Gasteiger partial charge in [0.05, 0.1) is 24.8 Å². The van der Waals surface area contributed by atoms with E-state index in [0.29, 0.717) is 24.0 Å². The summed E-state index contributed by atoms with van der Waals surface area (Å²) in [6.45, 7) is 0.774. The highest BCUT2D eigenvalue weighted by Gasteiger charge is 2.15. The number of nitrogens with zero attached hydrogens (tertiary/aromatic N) is 2. The number of aliphatic hydroxyl groups is 2. The van der Waals surface area contributed by atoms with E-state index in [4.69, 9.17) is 15.6 Å². The molecule has 1 aliphatic heterocycles. The third-order valence-corrected chi connectivity index (χ3v) is 3.00. The number of fused-ring (bicyclic) bond motifs is 1. The van der Waals surface area contributed by atoms with Crippen LogP contribution in [0.5, 0.6) is 0 Å². The Morgan fingerprint density at radius 2 is 1.74 bits per heavy atom. The average molecular weight is 263 g/mol. The molecule has 0 unspecified atom stereocenters. The normalized spacial score (nSPS) is 10.8. The largest absolute Gasteiger partial charge is 0.429 e. The van der Waals surface area contributed by atoms with Gasteiger partial charge in [-0.25, -0.2) is 4.73 Å². The van der Waals surface area contributed by atoms with Crippen LogP contribution in [0.25, 0.3) is 11.1 Å². The van der Waals surface area contributed by atoms with Gasteiger partial charge in [-0.15, -0.1) is 0 Å². The van der Waals surface area contributed by atoms with E-state index < -0.39 is 0 Å². The number of aromatic nitrogens is 1. The number of aliphatic hydroxyl groups excluding tert-OH is 2. The molecule has 2 rings (SSSR count). The Balaban J connectivity index is 2.54. The molecule has 0 atom stereocenters. The number of rotatable bonds is 5. The third-order valence-electron chi connectivity index (χ3n) is 3.00. The van der Waals surface area contributed by atoms with Crippen LogP contribution in [0, 0.1) is 5.41 Å². The van der Waals surface area contributed by atoms with Gasteiger partial charge < -0.3 is 25.7 Å². The average Bonchev–Trinajstić information content (AvgIpc) is 2.40. The van der Waals surface area contributed by atoms with Crippen molar-refractivity contribution in [3.63, 3.8) is 0 Å². The molecule has 19 heavy (non-hydrogen) atoms. The quantitative estimate of drug-likeness (QED) is 0.576. The SMILES string of the molecule is N=c1ccc(N(CCO)CCO)c2ccn(O)cc1-2. The molecule has 0 spiro atoms. The highest BCUT2D eigenvalue weighted by atomic mass is 16.5. The van der Waals surface area contributed by atoms with E-state index in [-0.39, 0.29) is 13.2 Å². The highest BCUT2D eigenvalue weighted by Crippen LogP contribution is 2.29. The molecule has 0 radical (unpaired) electrons. The van der Waals surface area contributed by atoms with Crippen LogP contribution in [-0.4, -0.2) is 46.5 Å². The van der Waals surface area contributed by atoms with Crippen molar-refractivity contribution in [1.82, 2.24) is 4.73 Å². The number of hydrogen-bond donors (Lipinski definition) is 4. The molecule has 0 aromatic carbocycles. The van der Waals surface area contributed by atoms with Gasteiger partial charge in [-0.3, -0.25) is 0 Å². The van der Waals surface area contributed by atoms with E-state index in [1.54, 1.807) is 18.2 Å². The van der Waals surface area contributed by atoms with Crippen LogP contribution in [0.1, 0.15) is 0 Å².